The van der Waals surface area contributed by atoms with Crippen molar-refractivity contribution in [1.29, 1.82) is 0 Å². The van der Waals surface area contributed by atoms with Crippen LogP contribution in [0.2, 0.25) is 0 Å². The summed E-state index contributed by atoms with van der Waals surface area (Å²) in [5, 5.41) is 7.37. The molecule has 2 aromatic heterocycles. The summed E-state index contributed by atoms with van der Waals surface area (Å²) in [6.45, 7) is 1.67. The highest BCUT2D eigenvalue weighted by molar-refractivity contribution is 7.15. The zero-order valence-corrected chi connectivity index (χ0v) is 11.1. The average molecular weight is 304 g/mol. The number of anilines is 1. The molecule has 108 valence electrons. The number of rotatable bonds is 2. The standard InChI is InChI=1S/C10H11F3N6S/c11-10(12,13)8-17-16-7-5-18(1-2-19(7)8)4-6-3-15-9(14)20-6/h3H,1-2,4-5H2,(H2,14,15). The quantitative estimate of drug-likeness (QED) is 0.906. The highest BCUT2D eigenvalue weighted by Gasteiger charge is 2.39. The van der Waals surface area contributed by atoms with E-state index in [-0.39, 0.29) is 6.54 Å². The van der Waals surface area contributed by atoms with Crippen molar-refractivity contribution in [2.45, 2.75) is 25.8 Å². The molecule has 2 N–H and O–H groups in total. The molecule has 0 radical (unpaired) electrons. The van der Waals surface area contributed by atoms with Crippen molar-refractivity contribution < 1.29 is 13.2 Å². The Labute approximate surface area is 116 Å². The van der Waals surface area contributed by atoms with Crippen LogP contribution in [-0.2, 0) is 25.8 Å². The Bertz CT molecular complexity index is 619. The van der Waals surface area contributed by atoms with E-state index in [1.54, 1.807) is 6.20 Å². The topological polar surface area (TPSA) is 72.9 Å². The van der Waals surface area contributed by atoms with E-state index >= 15 is 0 Å². The van der Waals surface area contributed by atoms with Crippen molar-refractivity contribution in [3.05, 3.63) is 22.7 Å². The minimum Gasteiger partial charge on any atom is -0.375 e. The number of nitrogens with zero attached hydrogens (tertiary/aromatic N) is 5. The second-order valence-corrected chi connectivity index (χ2v) is 5.61. The Balaban J connectivity index is 1.75. The van der Waals surface area contributed by atoms with Crippen LogP contribution < -0.4 is 5.73 Å². The zero-order valence-electron chi connectivity index (χ0n) is 10.3. The van der Waals surface area contributed by atoms with Crippen LogP contribution in [0, 0.1) is 0 Å². The largest absolute Gasteiger partial charge is 0.451 e. The van der Waals surface area contributed by atoms with Crippen LogP contribution in [0.5, 0.6) is 0 Å². The number of fused-ring (bicyclic) bond motifs is 1. The minimum absolute atomic E-state index is 0.228. The Morgan fingerprint density at radius 2 is 2.10 bits per heavy atom. The number of nitrogen functional groups attached to an aromatic ring is 1. The molecule has 1 aliphatic rings. The third-order valence-corrected chi connectivity index (χ3v) is 3.85. The van der Waals surface area contributed by atoms with E-state index in [1.165, 1.54) is 11.3 Å². The van der Waals surface area contributed by atoms with Gasteiger partial charge in [-0.25, -0.2) is 4.98 Å². The first-order chi connectivity index (χ1) is 9.43. The second-order valence-electron chi connectivity index (χ2n) is 4.46. The molecule has 0 saturated heterocycles. The van der Waals surface area contributed by atoms with Crippen molar-refractivity contribution in [2.24, 2.45) is 0 Å². The minimum atomic E-state index is -4.46. The first-order valence-electron chi connectivity index (χ1n) is 5.85. The Kier molecular flexibility index (Phi) is 3.13. The fourth-order valence-electron chi connectivity index (χ4n) is 2.17. The van der Waals surface area contributed by atoms with Crippen LogP contribution >= 0.6 is 11.3 Å². The molecule has 0 aliphatic carbocycles. The maximum Gasteiger partial charge on any atom is 0.451 e. The van der Waals surface area contributed by atoms with Gasteiger partial charge < -0.3 is 10.3 Å². The van der Waals surface area contributed by atoms with Gasteiger partial charge in [-0.1, -0.05) is 0 Å². The molecule has 0 saturated carbocycles. The number of aromatic nitrogens is 4. The number of hydrogen-bond donors (Lipinski definition) is 1. The summed E-state index contributed by atoms with van der Waals surface area (Å²) in [6.07, 6.45) is -2.78. The van der Waals surface area contributed by atoms with E-state index in [2.05, 4.69) is 15.2 Å². The predicted octanol–water partition coefficient (Wildman–Crippen LogP) is 1.35. The normalized spacial score (nSPS) is 16.4. The molecular weight excluding hydrogens is 293 g/mol. The Hall–Kier alpha value is -1.68. The molecule has 0 aromatic carbocycles. The third kappa shape index (κ3) is 2.48. The summed E-state index contributed by atoms with van der Waals surface area (Å²) in [4.78, 5) is 6.93. The van der Waals surface area contributed by atoms with E-state index in [1.807, 2.05) is 4.90 Å². The SMILES string of the molecule is Nc1ncc(CN2CCn3c(nnc3C(F)(F)F)C2)s1. The summed E-state index contributed by atoms with van der Waals surface area (Å²) in [5.74, 6) is -0.588. The van der Waals surface area contributed by atoms with Gasteiger partial charge in [0.05, 0.1) is 6.54 Å². The van der Waals surface area contributed by atoms with Gasteiger partial charge in [0.25, 0.3) is 0 Å². The smallest absolute Gasteiger partial charge is 0.375 e. The van der Waals surface area contributed by atoms with Crippen molar-refractivity contribution in [1.82, 2.24) is 24.6 Å². The van der Waals surface area contributed by atoms with E-state index in [4.69, 9.17) is 5.73 Å². The van der Waals surface area contributed by atoms with E-state index in [0.29, 0.717) is 30.6 Å². The summed E-state index contributed by atoms with van der Waals surface area (Å²) in [6, 6.07) is 0. The maximum absolute atomic E-state index is 12.7. The molecule has 2 aromatic rings. The van der Waals surface area contributed by atoms with E-state index < -0.39 is 12.0 Å². The van der Waals surface area contributed by atoms with Crippen LogP contribution in [0.4, 0.5) is 18.3 Å². The van der Waals surface area contributed by atoms with Gasteiger partial charge >= 0.3 is 6.18 Å². The lowest BCUT2D eigenvalue weighted by molar-refractivity contribution is -0.148. The summed E-state index contributed by atoms with van der Waals surface area (Å²) < 4.78 is 39.2. The average Bonchev–Trinajstić information content (AvgIpc) is 2.94. The first-order valence-corrected chi connectivity index (χ1v) is 6.67. The van der Waals surface area contributed by atoms with Gasteiger partial charge in [0.1, 0.15) is 5.82 Å². The van der Waals surface area contributed by atoms with Gasteiger partial charge in [0, 0.05) is 30.7 Å². The summed E-state index contributed by atoms with van der Waals surface area (Å²) in [5.41, 5.74) is 5.55. The summed E-state index contributed by atoms with van der Waals surface area (Å²) in [7, 11) is 0. The van der Waals surface area contributed by atoms with Crippen molar-refractivity contribution in [3.63, 3.8) is 0 Å². The monoisotopic (exact) mass is 304 g/mol. The molecule has 20 heavy (non-hydrogen) atoms. The highest BCUT2D eigenvalue weighted by Crippen LogP contribution is 2.29. The molecule has 3 rings (SSSR count). The predicted molar refractivity (Wildman–Crippen MR) is 65.7 cm³/mol. The van der Waals surface area contributed by atoms with Gasteiger partial charge in [-0.05, 0) is 0 Å². The molecule has 0 atom stereocenters. The molecule has 0 bridgehead atoms. The number of alkyl halides is 3. The lowest BCUT2D eigenvalue weighted by atomic mass is 10.3. The van der Waals surface area contributed by atoms with Crippen LogP contribution in [0.15, 0.2) is 6.20 Å². The highest BCUT2D eigenvalue weighted by atomic mass is 32.1. The number of halogens is 3. The van der Waals surface area contributed by atoms with Crippen molar-refractivity contribution >= 4 is 16.5 Å². The molecule has 3 heterocycles. The third-order valence-electron chi connectivity index (χ3n) is 3.04. The van der Waals surface area contributed by atoms with Gasteiger partial charge in [0.15, 0.2) is 5.13 Å². The van der Waals surface area contributed by atoms with Crippen molar-refractivity contribution in [2.75, 3.05) is 12.3 Å². The molecule has 6 nitrogen and oxygen atoms in total. The zero-order chi connectivity index (χ0) is 14.3. The summed E-state index contributed by atoms with van der Waals surface area (Å²) >= 11 is 1.37. The van der Waals surface area contributed by atoms with Gasteiger partial charge in [-0.15, -0.1) is 21.5 Å². The number of nitrogens with two attached hydrogens (primary N) is 1. The fraction of sp³-hybridized carbons (Fsp3) is 0.500. The lowest BCUT2D eigenvalue weighted by Crippen LogP contribution is -2.34. The molecule has 1 aliphatic heterocycles. The molecule has 10 heteroatoms. The van der Waals surface area contributed by atoms with Crippen LogP contribution in [0.3, 0.4) is 0 Å². The van der Waals surface area contributed by atoms with Crippen LogP contribution in [0.25, 0.3) is 0 Å². The van der Waals surface area contributed by atoms with Gasteiger partial charge in [-0.2, -0.15) is 13.2 Å². The molecule has 0 spiro atoms. The van der Waals surface area contributed by atoms with Crippen LogP contribution in [0.1, 0.15) is 16.5 Å². The van der Waals surface area contributed by atoms with Gasteiger partial charge in [0.2, 0.25) is 5.82 Å². The first kappa shape index (κ1) is 13.3. The second kappa shape index (κ2) is 4.70. The van der Waals surface area contributed by atoms with E-state index in [0.717, 1.165) is 9.44 Å². The molecule has 0 unspecified atom stereocenters. The maximum atomic E-state index is 12.7. The van der Waals surface area contributed by atoms with Crippen molar-refractivity contribution in [3.8, 4) is 0 Å². The van der Waals surface area contributed by atoms with Crippen LogP contribution in [-0.4, -0.2) is 31.2 Å². The van der Waals surface area contributed by atoms with E-state index in [9.17, 15) is 13.2 Å². The molecule has 0 fully saturated rings. The molecular formula is C10H11F3N6S. The van der Waals surface area contributed by atoms with Gasteiger partial charge in [-0.3, -0.25) is 4.90 Å². The Morgan fingerprint density at radius 1 is 1.30 bits per heavy atom. The lowest BCUT2D eigenvalue weighted by Gasteiger charge is -2.27. The Morgan fingerprint density at radius 3 is 2.75 bits per heavy atom. The number of hydrogen-bond acceptors (Lipinski definition) is 6. The fourth-order valence-corrected chi connectivity index (χ4v) is 2.90. The molecule has 0 amide bonds. The number of thiazole rings is 1.